The fourth-order valence-electron chi connectivity index (χ4n) is 2.95. The molecule has 5 nitrogen and oxygen atoms in total. The lowest BCUT2D eigenvalue weighted by molar-refractivity contribution is 0.628. The second-order valence-electron chi connectivity index (χ2n) is 5.54. The van der Waals surface area contributed by atoms with Crippen LogP contribution in [-0.2, 0) is 0 Å². The van der Waals surface area contributed by atoms with Crippen LogP contribution in [0, 0.1) is 12.7 Å². The van der Waals surface area contributed by atoms with Gasteiger partial charge in [0, 0.05) is 23.5 Å². The van der Waals surface area contributed by atoms with Gasteiger partial charge in [0.25, 0.3) is 0 Å². The third-order valence-corrected chi connectivity index (χ3v) is 4.07. The fraction of sp³-hybridized carbons (Fsp3) is 0.0556. The number of nitrogens with zero attached hydrogens (tertiary/aromatic N) is 3. The van der Waals surface area contributed by atoms with E-state index in [2.05, 4.69) is 20.2 Å². The summed E-state index contributed by atoms with van der Waals surface area (Å²) in [5, 5.41) is 7.75. The molecule has 3 heterocycles. The van der Waals surface area contributed by atoms with Crippen LogP contribution in [-0.4, -0.2) is 20.2 Å². The first-order valence-corrected chi connectivity index (χ1v) is 7.45. The van der Waals surface area contributed by atoms with Gasteiger partial charge in [-0.2, -0.15) is 5.10 Å². The average molecular weight is 319 g/mol. The minimum atomic E-state index is -0.286. The van der Waals surface area contributed by atoms with E-state index in [0.717, 1.165) is 33.3 Å². The number of fused-ring (bicyclic) bond motifs is 1. The van der Waals surface area contributed by atoms with E-state index in [4.69, 9.17) is 5.73 Å². The maximum absolute atomic E-state index is 13.3. The monoisotopic (exact) mass is 319 g/mol. The normalized spacial score (nSPS) is 11.1. The lowest BCUT2D eigenvalue weighted by Gasteiger charge is -2.13. The van der Waals surface area contributed by atoms with Gasteiger partial charge < -0.3 is 5.73 Å². The van der Waals surface area contributed by atoms with Crippen LogP contribution in [0.3, 0.4) is 0 Å². The van der Waals surface area contributed by atoms with Crippen LogP contribution in [0.25, 0.3) is 33.4 Å². The summed E-state index contributed by atoms with van der Waals surface area (Å²) >= 11 is 0. The number of benzene rings is 1. The molecule has 4 aromatic rings. The quantitative estimate of drug-likeness (QED) is 0.590. The number of hydrogen-bond donors (Lipinski definition) is 2. The summed E-state index contributed by atoms with van der Waals surface area (Å²) < 4.78 is 13.3. The molecule has 0 aliphatic carbocycles. The maximum Gasteiger partial charge on any atom is 0.184 e. The molecule has 0 aliphatic heterocycles. The van der Waals surface area contributed by atoms with Gasteiger partial charge in [0.1, 0.15) is 11.6 Å². The lowest BCUT2D eigenvalue weighted by Crippen LogP contribution is -1.96. The third kappa shape index (κ3) is 2.20. The maximum atomic E-state index is 13.3. The number of aromatic nitrogens is 4. The van der Waals surface area contributed by atoms with Crippen molar-refractivity contribution in [2.24, 2.45) is 0 Å². The second kappa shape index (κ2) is 5.42. The molecule has 0 aliphatic rings. The summed E-state index contributed by atoms with van der Waals surface area (Å²) in [6.45, 7) is 1.98. The predicted octanol–water partition coefficient (Wildman–Crippen LogP) is 3.72. The second-order valence-corrected chi connectivity index (χ2v) is 5.54. The van der Waals surface area contributed by atoms with Crippen LogP contribution in [0.15, 0.2) is 48.8 Å². The SMILES string of the molecule is Cc1c(-c2ccncc2)c(-c2ccc(F)cc2)nc2n[nH]c(N)c12. The number of aryl methyl sites for hydroxylation is 1. The van der Waals surface area contributed by atoms with Gasteiger partial charge in [-0.3, -0.25) is 10.1 Å². The minimum Gasteiger partial charge on any atom is -0.384 e. The number of nitrogen functional groups attached to an aromatic ring is 1. The van der Waals surface area contributed by atoms with Crippen molar-refractivity contribution in [3.05, 3.63) is 60.2 Å². The standard InChI is InChI=1S/C18H14FN5/c1-10-14(11-6-8-21-9-7-11)16(12-2-4-13(19)5-3-12)22-18-15(10)17(20)23-24-18/h2-9H,1H3,(H3,20,22,23,24). The van der Waals surface area contributed by atoms with Crippen molar-refractivity contribution in [1.82, 2.24) is 20.2 Å². The molecule has 0 bridgehead atoms. The highest BCUT2D eigenvalue weighted by Gasteiger charge is 2.18. The molecule has 3 N–H and O–H groups in total. The summed E-state index contributed by atoms with van der Waals surface area (Å²) in [4.78, 5) is 8.74. The first kappa shape index (κ1) is 14.3. The molecular weight excluding hydrogens is 305 g/mol. The summed E-state index contributed by atoms with van der Waals surface area (Å²) in [5.41, 5.74) is 11.0. The molecule has 0 unspecified atom stereocenters. The Balaban J connectivity index is 2.09. The minimum absolute atomic E-state index is 0.286. The Hall–Kier alpha value is -3.28. The first-order chi connectivity index (χ1) is 11.6. The Morgan fingerprint density at radius 1 is 1.00 bits per heavy atom. The number of rotatable bonds is 2. The summed E-state index contributed by atoms with van der Waals surface area (Å²) in [7, 11) is 0. The Morgan fingerprint density at radius 3 is 2.42 bits per heavy atom. The molecule has 0 radical (unpaired) electrons. The first-order valence-electron chi connectivity index (χ1n) is 7.45. The van der Waals surface area contributed by atoms with Crippen LogP contribution in [0.1, 0.15) is 5.56 Å². The smallest absolute Gasteiger partial charge is 0.184 e. The number of anilines is 1. The van der Waals surface area contributed by atoms with E-state index in [9.17, 15) is 4.39 Å². The van der Waals surface area contributed by atoms with Gasteiger partial charge in [0.05, 0.1) is 11.1 Å². The lowest BCUT2D eigenvalue weighted by atomic mass is 9.94. The topological polar surface area (TPSA) is 80.5 Å². The zero-order chi connectivity index (χ0) is 16.7. The molecule has 6 heteroatoms. The molecule has 0 spiro atoms. The van der Waals surface area contributed by atoms with E-state index in [1.165, 1.54) is 12.1 Å². The van der Waals surface area contributed by atoms with Gasteiger partial charge in [-0.25, -0.2) is 9.37 Å². The largest absolute Gasteiger partial charge is 0.384 e. The van der Waals surface area contributed by atoms with Gasteiger partial charge >= 0.3 is 0 Å². The Morgan fingerprint density at radius 2 is 1.71 bits per heavy atom. The van der Waals surface area contributed by atoms with Gasteiger partial charge in [-0.1, -0.05) is 0 Å². The van der Waals surface area contributed by atoms with Crippen LogP contribution < -0.4 is 5.73 Å². The molecule has 0 amide bonds. The summed E-state index contributed by atoms with van der Waals surface area (Å²) in [5.74, 6) is 0.196. The predicted molar refractivity (Wildman–Crippen MR) is 91.7 cm³/mol. The number of aromatic amines is 1. The highest BCUT2D eigenvalue weighted by atomic mass is 19.1. The van der Waals surface area contributed by atoms with Gasteiger partial charge in [-0.05, 0) is 54.4 Å². The number of H-pyrrole nitrogens is 1. The Kier molecular flexibility index (Phi) is 3.23. The summed E-state index contributed by atoms with van der Waals surface area (Å²) in [6.07, 6.45) is 3.46. The van der Waals surface area contributed by atoms with Crippen molar-refractivity contribution < 1.29 is 4.39 Å². The molecule has 1 aromatic carbocycles. The van der Waals surface area contributed by atoms with Crippen molar-refractivity contribution in [1.29, 1.82) is 0 Å². The number of pyridine rings is 2. The van der Waals surface area contributed by atoms with E-state index in [-0.39, 0.29) is 5.82 Å². The van der Waals surface area contributed by atoms with Gasteiger partial charge in [0.2, 0.25) is 0 Å². The molecule has 0 fully saturated rings. The zero-order valence-corrected chi connectivity index (χ0v) is 12.9. The van der Waals surface area contributed by atoms with E-state index < -0.39 is 0 Å². The number of nitrogens with one attached hydrogen (secondary N) is 1. The molecular formula is C18H14FN5. The number of halogens is 1. The number of nitrogens with two attached hydrogens (primary N) is 1. The highest BCUT2D eigenvalue weighted by molar-refractivity contribution is 5.98. The zero-order valence-electron chi connectivity index (χ0n) is 12.9. The molecule has 24 heavy (non-hydrogen) atoms. The molecule has 3 aromatic heterocycles. The van der Waals surface area contributed by atoms with Gasteiger partial charge in [0.15, 0.2) is 5.65 Å². The van der Waals surface area contributed by atoms with Crippen molar-refractivity contribution in [3.8, 4) is 22.4 Å². The van der Waals surface area contributed by atoms with E-state index in [1.807, 2.05) is 19.1 Å². The number of hydrogen-bond acceptors (Lipinski definition) is 4. The van der Waals surface area contributed by atoms with Crippen LogP contribution in [0.2, 0.25) is 0 Å². The molecule has 0 saturated heterocycles. The average Bonchev–Trinajstić information content (AvgIpc) is 2.97. The van der Waals surface area contributed by atoms with E-state index >= 15 is 0 Å². The van der Waals surface area contributed by atoms with Gasteiger partial charge in [-0.15, -0.1) is 0 Å². The van der Waals surface area contributed by atoms with Crippen molar-refractivity contribution >= 4 is 16.9 Å². The summed E-state index contributed by atoms with van der Waals surface area (Å²) in [6, 6.07) is 10.1. The molecule has 118 valence electrons. The van der Waals surface area contributed by atoms with Crippen molar-refractivity contribution in [2.75, 3.05) is 5.73 Å². The van der Waals surface area contributed by atoms with E-state index in [1.54, 1.807) is 24.5 Å². The molecule has 0 atom stereocenters. The van der Waals surface area contributed by atoms with E-state index in [0.29, 0.717) is 11.5 Å². The Bertz CT molecular complexity index is 1020. The third-order valence-electron chi connectivity index (χ3n) is 4.07. The molecule has 4 rings (SSSR count). The van der Waals surface area contributed by atoms with Crippen molar-refractivity contribution in [3.63, 3.8) is 0 Å². The Labute approximate surface area is 137 Å². The fourth-order valence-corrected chi connectivity index (χ4v) is 2.95. The molecule has 0 saturated carbocycles. The van der Waals surface area contributed by atoms with Crippen molar-refractivity contribution in [2.45, 2.75) is 6.92 Å². The van der Waals surface area contributed by atoms with Crippen LogP contribution >= 0.6 is 0 Å². The van der Waals surface area contributed by atoms with Crippen LogP contribution in [0.5, 0.6) is 0 Å². The highest BCUT2D eigenvalue weighted by Crippen LogP contribution is 2.37. The van der Waals surface area contributed by atoms with Crippen LogP contribution in [0.4, 0.5) is 10.2 Å².